The normalized spacial score (nSPS) is 10.0. The molecule has 1 heterocycles. The molecule has 0 bridgehead atoms. The van der Waals surface area contributed by atoms with Crippen molar-refractivity contribution < 1.29 is 24.1 Å². The topological polar surface area (TPSA) is 77.9 Å². The molecule has 21 heavy (non-hydrogen) atoms. The lowest BCUT2D eigenvalue weighted by atomic mass is 10.2. The number of hydrogen-bond donors (Lipinski definition) is 1. The number of hydrogen-bond acceptors (Lipinski definition) is 5. The number of rotatable bonds is 6. The number of methoxy groups -OCH3 is 2. The van der Waals surface area contributed by atoms with Gasteiger partial charge in [-0.05, 0) is 12.1 Å². The molecule has 110 valence electrons. The van der Waals surface area contributed by atoms with Crippen molar-refractivity contribution in [2.75, 3.05) is 14.2 Å². The Labute approximate surface area is 121 Å². The monoisotopic (exact) mass is 289 g/mol. The number of carbonyl (C=O) groups is 1. The minimum Gasteiger partial charge on any atom is -0.493 e. The summed E-state index contributed by atoms with van der Waals surface area (Å²) in [5.41, 5.74) is 0.622. The summed E-state index contributed by atoms with van der Waals surface area (Å²) in [4.78, 5) is 15.3. The first-order valence-electron chi connectivity index (χ1n) is 6.18. The number of benzene rings is 1. The molecule has 0 amide bonds. The minimum atomic E-state index is -1.05. The first-order valence-corrected chi connectivity index (χ1v) is 6.18. The van der Waals surface area contributed by atoms with E-state index in [2.05, 4.69) is 4.98 Å². The van der Waals surface area contributed by atoms with Crippen LogP contribution in [0.25, 0.3) is 0 Å². The number of ether oxygens (including phenoxy) is 3. The van der Waals surface area contributed by atoms with Crippen LogP contribution in [0, 0.1) is 0 Å². The third-order valence-electron chi connectivity index (χ3n) is 2.85. The molecule has 0 saturated heterocycles. The standard InChI is InChI=1S/C15H15NO5/c1-19-13-7-8-16-11(14(13)20-2)9-21-12-6-4-3-5-10(12)15(17)18/h3-8H,9H2,1-2H3,(H,17,18). The Kier molecular flexibility index (Phi) is 4.61. The van der Waals surface area contributed by atoms with Gasteiger partial charge in [0.05, 0.1) is 14.2 Å². The Morgan fingerprint density at radius 3 is 2.57 bits per heavy atom. The maximum absolute atomic E-state index is 11.1. The van der Waals surface area contributed by atoms with E-state index in [1.165, 1.54) is 20.3 Å². The molecule has 1 N–H and O–H groups in total. The maximum atomic E-state index is 11.1. The van der Waals surface area contributed by atoms with Crippen molar-refractivity contribution in [2.24, 2.45) is 0 Å². The molecule has 6 nitrogen and oxygen atoms in total. The van der Waals surface area contributed by atoms with Crippen molar-refractivity contribution in [1.29, 1.82) is 0 Å². The first kappa shape index (κ1) is 14.6. The molecule has 0 radical (unpaired) electrons. The smallest absolute Gasteiger partial charge is 0.339 e. The molecule has 0 aliphatic rings. The molecule has 0 atom stereocenters. The lowest BCUT2D eigenvalue weighted by molar-refractivity contribution is 0.0691. The van der Waals surface area contributed by atoms with Gasteiger partial charge in [-0.25, -0.2) is 4.79 Å². The maximum Gasteiger partial charge on any atom is 0.339 e. The predicted octanol–water partition coefficient (Wildman–Crippen LogP) is 2.38. The zero-order valence-corrected chi connectivity index (χ0v) is 11.7. The Hall–Kier alpha value is -2.76. The largest absolute Gasteiger partial charge is 0.493 e. The van der Waals surface area contributed by atoms with Crippen LogP contribution in [0.2, 0.25) is 0 Å². The lowest BCUT2D eigenvalue weighted by Crippen LogP contribution is -2.06. The molecule has 0 fully saturated rings. The van der Waals surface area contributed by atoms with E-state index in [4.69, 9.17) is 19.3 Å². The summed E-state index contributed by atoms with van der Waals surface area (Å²) in [6, 6.07) is 8.09. The highest BCUT2D eigenvalue weighted by molar-refractivity contribution is 5.90. The molecule has 0 aliphatic carbocycles. The van der Waals surface area contributed by atoms with Crippen LogP contribution in [0.1, 0.15) is 16.1 Å². The second-order valence-corrected chi connectivity index (χ2v) is 4.08. The molecule has 2 rings (SSSR count). The Morgan fingerprint density at radius 1 is 1.14 bits per heavy atom. The van der Waals surface area contributed by atoms with Crippen LogP contribution in [0.3, 0.4) is 0 Å². The summed E-state index contributed by atoms with van der Waals surface area (Å²) in [6.07, 6.45) is 1.57. The zero-order valence-electron chi connectivity index (χ0n) is 11.7. The van der Waals surface area contributed by atoms with Gasteiger partial charge < -0.3 is 19.3 Å². The van der Waals surface area contributed by atoms with Crippen molar-refractivity contribution in [3.63, 3.8) is 0 Å². The van der Waals surface area contributed by atoms with E-state index < -0.39 is 5.97 Å². The molecular formula is C15H15NO5. The number of carboxylic acids is 1. The van der Waals surface area contributed by atoms with Gasteiger partial charge in [0.1, 0.15) is 23.6 Å². The molecule has 2 aromatic rings. The van der Waals surface area contributed by atoms with Crippen LogP contribution in [-0.2, 0) is 6.61 Å². The van der Waals surface area contributed by atoms with Crippen molar-refractivity contribution >= 4 is 5.97 Å². The number of carboxylic acid groups (broad SMARTS) is 1. The van der Waals surface area contributed by atoms with Crippen molar-refractivity contribution in [1.82, 2.24) is 4.98 Å². The quantitative estimate of drug-likeness (QED) is 0.879. The van der Waals surface area contributed by atoms with Crippen molar-refractivity contribution in [3.05, 3.63) is 47.8 Å². The van der Waals surface area contributed by atoms with Gasteiger partial charge >= 0.3 is 5.97 Å². The summed E-state index contributed by atoms with van der Waals surface area (Å²) in [7, 11) is 3.04. The van der Waals surface area contributed by atoms with Gasteiger partial charge in [-0.3, -0.25) is 4.98 Å². The van der Waals surface area contributed by atoms with E-state index in [-0.39, 0.29) is 17.9 Å². The highest BCUT2D eigenvalue weighted by Crippen LogP contribution is 2.30. The van der Waals surface area contributed by atoms with Gasteiger partial charge in [0, 0.05) is 12.3 Å². The van der Waals surface area contributed by atoms with Gasteiger partial charge in [0.25, 0.3) is 0 Å². The number of nitrogens with zero attached hydrogens (tertiary/aromatic N) is 1. The minimum absolute atomic E-state index is 0.0741. The van der Waals surface area contributed by atoms with E-state index in [0.29, 0.717) is 17.2 Å². The molecule has 1 aromatic heterocycles. The summed E-state index contributed by atoms with van der Waals surface area (Å²) < 4.78 is 16.0. The summed E-state index contributed by atoms with van der Waals surface area (Å²) in [5.74, 6) is 0.235. The average molecular weight is 289 g/mol. The summed E-state index contributed by atoms with van der Waals surface area (Å²) in [5, 5.41) is 9.11. The van der Waals surface area contributed by atoms with Crippen molar-refractivity contribution in [2.45, 2.75) is 6.61 Å². The van der Waals surface area contributed by atoms with E-state index in [1.807, 2.05) is 0 Å². The molecule has 1 aromatic carbocycles. The van der Waals surface area contributed by atoms with E-state index in [0.717, 1.165) is 0 Å². The SMILES string of the molecule is COc1ccnc(COc2ccccc2C(=O)O)c1OC. The predicted molar refractivity (Wildman–Crippen MR) is 75.1 cm³/mol. The van der Waals surface area contributed by atoms with Gasteiger partial charge in [0.15, 0.2) is 11.5 Å². The first-order chi connectivity index (χ1) is 10.2. The number of pyridine rings is 1. The van der Waals surface area contributed by atoms with Gasteiger partial charge in [0.2, 0.25) is 0 Å². The van der Waals surface area contributed by atoms with E-state index in [1.54, 1.807) is 30.5 Å². The Bertz CT molecular complexity index is 642. The second-order valence-electron chi connectivity index (χ2n) is 4.08. The molecule has 0 unspecified atom stereocenters. The van der Waals surface area contributed by atoms with E-state index in [9.17, 15) is 4.79 Å². The molecule has 0 aliphatic heterocycles. The van der Waals surface area contributed by atoms with Crippen LogP contribution in [0.5, 0.6) is 17.2 Å². The second kappa shape index (κ2) is 6.60. The molecular weight excluding hydrogens is 274 g/mol. The lowest BCUT2D eigenvalue weighted by Gasteiger charge is -2.13. The third kappa shape index (κ3) is 3.22. The van der Waals surface area contributed by atoms with E-state index >= 15 is 0 Å². The summed E-state index contributed by atoms with van der Waals surface area (Å²) in [6.45, 7) is 0.0741. The van der Waals surface area contributed by atoms with Crippen LogP contribution in [0.15, 0.2) is 36.5 Å². The highest BCUT2D eigenvalue weighted by atomic mass is 16.5. The number of aromatic nitrogens is 1. The van der Waals surface area contributed by atoms with Gasteiger partial charge in [-0.1, -0.05) is 12.1 Å². The third-order valence-corrected chi connectivity index (χ3v) is 2.85. The van der Waals surface area contributed by atoms with Crippen LogP contribution in [-0.4, -0.2) is 30.3 Å². The fraction of sp³-hybridized carbons (Fsp3) is 0.200. The summed E-state index contributed by atoms with van der Waals surface area (Å²) >= 11 is 0. The molecule has 0 spiro atoms. The fourth-order valence-electron chi connectivity index (χ4n) is 1.87. The zero-order chi connectivity index (χ0) is 15.2. The highest BCUT2D eigenvalue weighted by Gasteiger charge is 2.14. The Morgan fingerprint density at radius 2 is 1.90 bits per heavy atom. The number of para-hydroxylation sites is 1. The molecule has 6 heteroatoms. The van der Waals surface area contributed by atoms with Gasteiger partial charge in [-0.15, -0.1) is 0 Å². The van der Waals surface area contributed by atoms with Crippen LogP contribution >= 0.6 is 0 Å². The average Bonchev–Trinajstić information content (AvgIpc) is 2.52. The fourth-order valence-corrected chi connectivity index (χ4v) is 1.87. The van der Waals surface area contributed by atoms with Gasteiger partial charge in [-0.2, -0.15) is 0 Å². The number of aromatic carboxylic acids is 1. The van der Waals surface area contributed by atoms with Crippen LogP contribution < -0.4 is 14.2 Å². The molecule has 0 saturated carbocycles. The van der Waals surface area contributed by atoms with Crippen LogP contribution in [0.4, 0.5) is 0 Å². The van der Waals surface area contributed by atoms with Crippen molar-refractivity contribution in [3.8, 4) is 17.2 Å². The Balaban J connectivity index is 2.23.